The highest BCUT2D eigenvalue weighted by Crippen LogP contribution is 2.13. The van der Waals surface area contributed by atoms with Gasteiger partial charge in [0.1, 0.15) is 6.07 Å². The van der Waals surface area contributed by atoms with Crippen LogP contribution in [0.5, 0.6) is 0 Å². The Labute approximate surface area is 96.7 Å². The Morgan fingerprint density at radius 3 is 2.88 bits per heavy atom. The van der Waals surface area contributed by atoms with E-state index in [4.69, 9.17) is 10.4 Å². The minimum Gasteiger partial charge on any atom is -0.478 e. The summed E-state index contributed by atoms with van der Waals surface area (Å²) in [6, 6.07) is 8.20. The summed E-state index contributed by atoms with van der Waals surface area (Å²) in [5.41, 5.74) is 1.54. The molecule has 17 heavy (non-hydrogen) atoms. The largest absolute Gasteiger partial charge is 0.478 e. The van der Waals surface area contributed by atoms with E-state index in [2.05, 4.69) is 10.3 Å². The molecule has 0 amide bonds. The van der Waals surface area contributed by atoms with Crippen molar-refractivity contribution in [2.45, 2.75) is 6.92 Å². The van der Waals surface area contributed by atoms with Gasteiger partial charge in [-0.05, 0) is 25.1 Å². The molecule has 0 saturated carbocycles. The van der Waals surface area contributed by atoms with Crippen LogP contribution in [0, 0.1) is 18.3 Å². The summed E-state index contributed by atoms with van der Waals surface area (Å²) in [5.74, 6) is -1.01. The summed E-state index contributed by atoms with van der Waals surface area (Å²) in [7, 11) is 0. The van der Waals surface area contributed by atoms with Gasteiger partial charge in [-0.1, -0.05) is 11.3 Å². The van der Waals surface area contributed by atoms with Crippen LogP contribution >= 0.6 is 0 Å². The van der Waals surface area contributed by atoms with Crippen molar-refractivity contribution in [3.8, 4) is 11.8 Å². The molecular formula is C11H8N4O2. The van der Waals surface area contributed by atoms with Crippen molar-refractivity contribution in [3.63, 3.8) is 0 Å². The number of rotatable bonds is 2. The molecular weight excluding hydrogens is 220 g/mol. The molecule has 1 heterocycles. The average molecular weight is 228 g/mol. The number of aromatic carboxylic acids is 1. The lowest BCUT2D eigenvalue weighted by atomic mass is 10.2. The van der Waals surface area contributed by atoms with Gasteiger partial charge in [-0.25, -0.2) is 9.48 Å². The summed E-state index contributed by atoms with van der Waals surface area (Å²) < 4.78 is 1.44. The van der Waals surface area contributed by atoms with E-state index in [1.165, 1.54) is 16.8 Å². The third-order valence-corrected chi connectivity index (χ3v) is 2.34. The molecule has 1 aromatic carbocycles. The van der Waals surface area contributed by atoms with Crippen molar-refractivity contribution in [2.75, 3.05) is 0 Å². The number of nitrogens with zero attached hydrogens (tertiary/aromatic N) is 4. The van der Waals surface area contributed by atoms with Gasteiger partial charge in [-0.3, -0.25) is 0 Å². The first-order valence-corrected chi connectivity index (χ1v) is 4.79. The molecule has 1 aromatic heterocycles. The monoisotopic (exact) mass is 228 g/mol. The van der Waals surface area contributed by atoms with Gasteiger partial charge < -0.3 is 5.11 Å². The fourth-order valence-electron chi connectivity index (χ4n) is 1.45. The number of hydrogen-bond acceptors (Lipinski definition) is 4. The van der Waals surface area contributed by atoms with Crippen molar-refractivity contribution in [1.82, 2.24) is 15.0 Å². The summed E-state index contributed by atoms with van der Waals surface area (Å²) in [5, 5.41) is 25.1. The summed E-state index contributed by atoms with van der Waals surface area (Å²) >= 11 is 0. The minimum atomic E-state index is -1.01. The molecule has 0 aliphatic rings. The van der Waals surface area contributed by atoms with Gasteiger partial charge >= 0.3 is 5.97 Å². The molecule has 2 rings (SSSR count). The Morgan fingerprint density at radius 2 is 2.29 bits per heavy atom. The highest BCUT2D eigenvalue weighted by Gasteiger charge is 2.11. The number of carboxylic acids is 1. The van der Waals surface area contributed by atoms with Crippen LogP contribution in [0.2, 0.25) is 0 Å². The zero-order chi connectivity index (χ0) is 12.4. The van der Waals surface area contributed by atoms with E-state index >= 15 is 0 Å². The first kappa shape index (κ1) is 10.8. The molecule has 1 N–H and O–H groups in total. The minimum absolute atomic E-state index is 0.163. The van der Waals surface area contributed by atoms with E-state index in [0.29, 0.717) is 11.4 Å². The Hall–Kier alpha value is -2.68. The van der Waals surface area contributed by atoms with Crippen molar-refractivity contribution in [2.24, 2.45) is 0 Å². The maximum atomic E-state index is 10.8. The van der Waals surface area contributed by atoms with E-state index in [1.807, 2.05) is 6.07 Å². The SMILES string of the molecule is Cc1c(C#N)nnn1-c1cccc(C(=O)O)c1. The third-order valence-electron chi connectivity index (χ3n) is 2.34. The van der Waals surface area contributed by atoms with Crippen molar-refractivity contribution >= 4 is 5.97 Å². The highest BCUT2D eigenvalue weighted by atomic mass is 16.4. The van der Waals surface area contributed by atoms with Gasteiger partial charge in [0.05, 0.1) is 16.9 Å². The van der Waals surface area contributed by atoms with Gasteiger partial charge in [0.15, 0.2) is 5.69 Å². The lowest BCUT2D eigenvalue weighted by Gasteiger charge is -2.03. The van der Waals surface area contributed by atoms with Crippen LogP contribution in [-0.2, 0) is 0 Å². The Bertz CT molecular complexity index is 625. The van der Waals surface area contributed by atoms with E-state index in [0.717, 1.165) is 0 Å². The number of carboxylic acid groups (broad SMARTS) is 1. The molecule has 2 aromatic rings. The van der Waals surface area contributed by atoms with Crippen LogP contribution in [0.3, 0.4) is 0 Å². The molecule has 0 fully saturated rings. The molecule has 0 saturated heterocycles. The van der Waals surface area contributed by atoms with Crippen LogP contribution in [0.4, 0.5) is 0 Å². The molecule has 0 aliphatic carbocycles. The van der Waals surface area contributed by atoms with Gasteiger partial charge in [0.25, 0.3) is 0 Å². The molecule has 6 heteroatoms. The van der Waals surface area contributed by atoms with Crippen LogP contribution in [0.15, 0.2) is 24.3 Å². The Kier molecular flexibility index (Phi) is 2.58. The van der Waals surface area contributed by atoms with Gasteiger partial charge in [0, 0.05) is 0 Å². The van der Waals surface area contributed by atoms with E-state index < -0.39 is 5.97 Å². The Morgan fingerprint density at radius 1 is 1.53 bits per heavy atom. The first-order chi connectivity index (χ1) is 8.13. The van der Waals surface area contributed by atoms with E-state index in [1.54, 1.807) is 19.1 Å². The summed E-state index contributed by atoms with van der Waals surface area (Å²) in [4.78, 5) is 10.8. The molecule has 84 valence electrons. The highest BCUT2D eigenvalue weighted by molar-refractivity contribution is 5.88. The predicted octanol–water partition coefficient (Wildman–Crippen LogP) is 1.15. The smallest absolute Gasteiger partial charge is 0.335 e. The second kappa shape index (κ2) is 4.06. The van der Waals surface area contributed by atoms with Crippen molar-refractivity contribution < 1.29 is 9.90 Å². The predicted molar refractivity (Wildman–Crippen MR) is 57.8 cm³/mol. The summed E-state index contributed by atoms with van der Waals surface area (Å²) in [6.07, 6.45) is 0. The van der Waals surface area contributed by atoms with Crippen molar-refractivity contribution in [1.29, 1.82) is 5.26 Å². The van der Waals surface area contributed by atoms with Gasteiger partial charge in [-0.15, -0.1) is 5.10 Å². The fraction of sp³-hybridized carbons (Fsp3) is 0.0909. The van der Waals surface area contributed by atoms with E-state index in [9.17, 15) is 4.79 Å². The standard InChI is InChI=1S/C11H8N4O2/c1-7-10(6-12)13-14-15(7)9-4-2-3-8(5-9)11(16)17/h2-5H,1H3,(H,16,17). The number of carbonyl (C=O) groups is 1. The molecule has 0 spiro atoms. The maximum absolute atomic E-state index is 10.8. The molecule has 6 nitrogen and oxygen atoms in total. The lowest BCUT2D eigenvalue weighted by molar-refractivity contribution is 0.0697. The van der Waals surface area contributed by atoms with Crippen LogP contribution in [-0.4, -0.2) is 26.1 Å². The second-order valence-corrected chi connectivity index (χ2v) is 3.40. The third kappa shape index (κ3) is 1.86. The maximum Gasteiger partial charge on any atom is 0.335 e. The zero-order valence-corrected chi connectivity index (χ0v) is 8.95. The number of nitriles is 1. The normalized spacial score (nSPS) is 9.88. The van der Waals surface area contributed by atoms with Gasteiger partial charge in [-0.2, -0.15) is 5.26 Å². The van der Waals surface area contributed by atoms with Gasteiger partial charge in [0.2, 0.25) is 0 Å². The Balaban J connectivity index is 2.54. The topological polar surface area (TPSA) is 91.8 Å². The molecule has 0 aliphatic heterocycles. The second-order valence-electron chi connectivity index (χ2n) is 3.40. The number of hydrogen-bond donors (Lipinski definition) is 1. The quantitative estimate of drug-likeness (QED) is 0.832. The van der Waals surface area contributed by atoms with E-state index in [-0.39, 0.29) is 11.3 Å². The zero-order valence-electron chi connectivity index (χ0n) is 8.95. The average Bonchev–Trinajstić information content (AvgIpc) is 2.70. The summed E-state index contributed by atoms with van der Waals surface area (Å²) in [6.45, 7) is 1.70. The molecule has 0 unspecified atom stereocenters. The molecule has 0 bridgehead atoms. The lowest BCUT2D eigenvalue weighted by Crippen LogP contribution is -2.02. The number of benzene rings is 1. The van der Waals surface area contributed by atoms with Crippen molar-refractivity contribution in [3.05, 3.63) is 41.2 Å². The van der Waals surface area contributed by atoms with Crippen LogP contribution < -0.4 is 0 Å². The first-order valence-electron chi connectivity index (χ1n) is 4.79. The molecule has 0 radical (unpaired) electrons. The number of aromatic nitrogens is 3. The van der Waals surface area contributed by atoms with Crippen LogP contribution in [0.25, 0.3) is 5.69 Å². The molecule has 0 atom stereocenters. The van der Waals surface area contributed by atoms with Crippen LogP contribution in [0.1, 0.15) is 21.7 Å². The fourth-order valence-corrected chi connectivity index (χ4v) is 1.45.